The second-order valence-electron chi connectivity index (χ2n) is 2.36. The van der Waals surface area contributed by atoms with Gasteiger partial charge in [0.25, 0.3) is 0 Å². The topological polar surface area (TPSA) is 52.3 Å². The number of hydrogen-bond acceptors (Lipinski definition) is 4. The van der Waals surface area contributed by atoms with Crippen LogP contribution < -0.4 is 0 Å². The summed E-state index contributed by atoms with van der Waals surface area (Å²) in [5.74, 6) is 0.563. The third-order valence-electron chi connectivity index (χ3n) is 1.37. The first kappa shape index (κ1) is 8.77. The van der Waals surface area contributed by atoms with Gasteiger partial charge in [-0.15, -0.1) is 0 Å². The maximum Gasteiger partial charge on any atom is 0.360 e. The first-order valence-electron chi connectivity index (χ1n) is 3.76. The lowest BCUT2D eigenvalue weighted by atomic mass is 10.4. The number of carbonyl (C=O) groups is 1. The number of aryl methyl sites for hydroxylation is 2. The Labute approximate surface area is 70.5 Å². The zero-order valence-electron chi connectivity index (χ0n) is 7.38. The molecule has 0 spiro atoms. The standard InChI is InChI=1S/C8H11NO3/c1-4-11-8(10)7-5(2)12-6(3)9-7/h4H2,1-3H3. The Morgan fingerprint density at radius 2 is 2.25 bits per heavy atom. The summed E-state index contributed by atoms with van der Waals surface area (Å²) in [6.07, 6.45) is 0. The van der Waals surface area contributed by atoms with E-state index in [2.05, 4.69) is 4.98 Å². The number of oxazole rings is 1. The van der Waals surface area contributed by atoms with E-state index in [0.29, 0.717) is 18.3 Å². The van der Waals surface area contributed by atoms with Crippen LogP contribution in [0, 0.1) is 13.8 Å². The predicted octanol–water partition coefficient (Wildman–Crippen LogP) is 1.47. The van der Waals surface area contributed by atoms with Crippen molar-refractivity contribution >= 4 is 5.97 Å². The van der Waals surface area contributed by atoms with E-state index in [1.54, 1.807) is 20.8 Å². The first-order valence-corrected chi connectivity index (χ1v) is 3.76. The number of hydrogen-bond donors (Lipinski definition) is 0. The molecule has 0 unspecified atom stereocenters. The van der Waals surface area contributed by atoms with Crippen LogP contribution in [-0.4, -0.2) is 17.6 Å². The van der Waals surface area contributed by atoms with Crippen LogP contribution in [0.4, 0.5) is 0 Å². The smallest absolute Gasteiger partial charge is 0.360 e. The number of esters is 1. The molecule has 12 heavy (non-hydrogen) atoms. The van der Waals surface area contributed by atoms with Crippen molar-refractivity contribution in [2.75, 3.05) is 6.61 Å². The third kappa shape index (κ3) is 1.64. The highest BCUT2D eigenvalue weighted by Gasteiger charge is 2.15. The van der Waals surface area contributed by atoms with Crippen molar-refractivity contribution in [2.45, 2.75) is 20.8 Å². The molecule has 0 atom stereocenters. The van der Waals surface area contributed by atoms with Gasteiger partial charge in [-0.3, -0.25) is 0 Å². The van der Waals surface area contributed by atoms with Gasteiger partial charge >= 0.3 is 5.97 Å². The van der Waals surface area contributed by atoms with Crippen molar-refractivity contribution in [3.63, 3.8) is 0 Å². The van der Waals surface area contributed by atoms with Crippen LogP contribution in [0.2, 0.25) is 0 Å². The molecule has 0 saturated carbocycles. The van der Waals surface area contributed by atoms with Gasteiger partial charge in [0.2, 0.25) is 0 Å². The Hall–Kier alpha value is -1.32. The van der Waals surface area contributed by atoms with Crippen LogP contribution in [0.3, 0.4) is 0 Å². The van der Waals surface area contributed by atoms with Gasteiger partial charge in [0.1, 0.15) is 5.76 Å². The molecule has 0 aromatic carbocycles. The highest BCUT2D eigenvalue weighted by atomic mass is 16.5. The lowest BCUT2D eigenvalue weighted by molar-refractivity contribution is 0.0518. The van der Waals surface area contributed by atoms with Crippen molar-refractivity contribution in [1.29, 1.82) is 0 Å². The van der Waals surface area contributed by atoms with Gasteiger partial charge in [-0.05, 0) is 13.8 Å². The van der Waals surface area contributed by atoms with Crippen molar-refractivity contribution in [1.82, 2.24) is 4.98 Å². The van der Waals surface area contributed by atoms with Crippen LogP contribution in [0.25, 0.3) is 0 Å². The average Bonchev–Trinajstić information content (AvgIpc) is 2.30. The summed E-state index contributed by atoms with van der Waals surface area (Å²) in [4.78, 5) is 15.0. The first-order chi connectivity index (χ1) is 5.65. The van der Waals surface area contributed by atoms with Crippen LogP contribution in [0.5, 0.6) is 0 Å². The maximum absolute atomic E-state index is 11.1. The molecule has 0 N–H and O–H groups in total. The number of aromatic nitrogens is 1. The van der Waals surface area contributed by atoms with Crippen molar-refractivity contribution in [3.05, 3.63) is 17.3 Å². The highest BCUT2D eigenvalue weighted by molar-refractivity contribution is 5.88. The van der Waals surface area contributed by atoms with Gasteiger partial charge in [0, 0.05) is 6.92 Å². The van der Waals surface area contributed by atoms with Gasteiger partial charge < -0.3 is 9.15 Å². The van der Waals surface area contributed by atoms with E-state index in [4.69, 9.17) is 9.15 Å². The van der Waals surface area contributed by atoms with E-state index in [9.17, 15) is 4.79 Å². The monoisotopic (exact) mass is 169 g/mol. The fourth-order valence-corrected chi connectivity index (χ4v) is 0.918. The molecule has 1 aromatic heterocycles. The molecule has 0 radical (unpaired) electrons. The van der Waals surface area contributed by atoms with Crippen LogP contribution >= 0.6 is 0 Å². The Morgan fingerprint density at radius 3 is 2.67 bits per heavy atom. The van der Waals surface area contributed by atoms with Crippen LogP contribution in [0.15, 0.2) is 4.42 Å². The van der Waals surface area contributed by atoms with Crippen LogP contribution in [0.1, 0.15) is 29.1 Å². The maximum atomic E-state index is 11.1. The zero-order valence-corrected chi connectivity index (χ0v) is 7.38. The molecule has 0 aliphatic rings. The molecule has 0 aliphatic carbocycles. The van der Waals surface area contributed by atoms with E-state index in [1.807, 2.05) is 0 Å². The Balaban J connectivity index is 2.87. The minimum atomic E-state index is -0.424. The van der Waals surface area contributed by atoms with Crippen molar-refractivity contribution in [2.24, 2.45) is 0 Å². The summed E-state index contributed by atoms with van der Waals surface area (Å²) in [5, 5.41) is 0. The predicted molar refractivity (Wildman–Crippen MR) is 41.9 cm³/mol. The quantitative estimate of drug-likeness (QED) is 0.629. The number of rotatable bonds is 2. The highest BCUT2D eigenvalue weighted by Crippen LogP contribution is 2.09. The second-order valence-corrected chi connectivity index (χ2v) is 2.36. The van der Waals surface area contributed by atoms with Gasteiger partial charge in [-0.25, -0.2) is 9.78 Å². The molecule has 0 amide bonds. The van der Waals surface area contributed by atoms with Crippen LogP contribution in [-0.2, 0) is 4.74 Å². The molecular formula is C8H11NO3. The third-order valence-corrected chi connectivity index (χ3v) is 1.37. The molecule has 0 bridgehead atoms. The van der Waals surface area contributed by atoms with Gasteiger partial charge in [0.05, 0.1) is 6.61 Å². The minimum absolute atomic E-state index is 0.273. The normalized spacial score (nSPS) is 9.92. The van der Waals surface area contributed by atoms with Crippen molar-refractivity contribution < 1.29 is 13.9 Å². The van der Waals surface area contributed by atoms with Gasteiger partial charge in [0.15, 0.2) is 11.6 Å². The number of nitrogens with zero attached hydrogens (tertiary/aromatic N) is 1. The molecule has 0 fully saturated rings. The van der Waals surface area contributed by atoms with E-state index in [1.165, 1.54) is 0 Å². The molecule has 4 nitrogen and oxygen atoms in total. The summed E-state index contributed by atoms with van der Waals surface area (Å²) >= 11 is 0. The lowest BCUT2D eigenvalue weighted by Crippen LogP contribution is -2.06. The fraction of sp³-hybridized carbons (Fsp3) is 0.500. The second kappa shape index (κ2) is 3.38. The van der Waals surface area contributed by atoms with E-state index in [0.717, 1.165) is 0 Å². The molecular weight excluding hydrogens is 158 g/mol. The lowest BCUT2D eigenvalue weighted by Gasteiger charge is -1.96. The Morgan fingerprint density at radius 1 is 1.58 bits per heavy atom. The van der Waals surface area contributed by atoms with Crippen molar-refractivity contribution in [3.8, 4) is 0 Å². The Kier molecular flexibility index (Phi) is 2.47. The van der Waals surface area contributed by atoms with Gasteiger partial charge in [-0.2, -0.15) is 0 Å². The number of carbonyl (C=O) groups excluding carboxylic acids is 1. The molecule has 0 aliphatic heterocycles. The average molecular weight is 169 g/mol. The molecule has 1 rings (SSSR count). The summed E-state index contributed by atoms with van der Waals surface area (Å²) in [5.41, 5.74) is 0.273. The van der Waals surface area contributed by atoms with Gasteiger partial charge in [-0.1, -0.05) is 0 Å². The zero-order chi connectivity index (χ0) is 9.14. The summed E-state index contributed by atoms with van der Waals surface area (Å²) in [7, 11) is 0. The Bertz CT molecular complexity index is 290. The van der Waals surface area contributed by atoms with E-state index in [-0.39, 0.29) is 5.69 Å². The van der Waals surface area contributed by atoms with E-state index >= 15 is 0 Å². The summed E-state index contributed by atoms with van der Waals surface area (Å²) in [6.45, 7) is 5.48. The molecule has 0 saturated heterocycles. The summed E-state index contributed by atoms with van der Waals surface area (Å²) < 4.78 is 9.83. The minimum Gasteiger partial charge on any atom is -0.461 e. The van der Waals surface area contributed by atoms with E-state index < -0.39 is 5.97 Å². The molecule has 1 aromatic rings. The molecule has 4 heteroatoms. The number of ether oxygens (including phenoxy) is 1. The SMILES string of the molecule is CCOC(=O)c1nc(C)oc1C. The molecule has 66 valence electrons. The fourth-order valence-electron chi connectivity index (χ4n) is 0.918. The molecule has 1 heterocycles. The largest absolute Gasteiger partial charge is 0.461 e. The summed E-state index contributed by atoms with van der Waals surface area (Å²) in [6, 6.07) is 0.